The molecule has 0 aliphatic rings. The van der Waals surface area contributed by atoms with Crippen LogP contribution in [-0.2, 0) is 4.74 Å². The van der Waals surface area contributed by atoms with Crippen LogP contribution in [0.25, 0.3) is 0 Å². The number of anilines is 1. The minimum absolute atomic E-state index is 0.282. The molecule has 5 nitrogen and oxygen atoms in total. The number of rotatable bonds is 7. The number of nitrogens with one attached hydrogen (secondary N) is 1. The van der Waals surface area contributed by atoms with E-state index in [0.29, 0.717) is 19.1 Å². The zero-order chi connectivity index (χ0) is 12.7. The Morgan fingerprint density at radius 3 is 2.65 bits per heavy atom. The van der Waals surface area contributed by atoms with Crippen molar-refractivity contribution in [1.29, 1.82) is 0 Å². The van der Waals surface area contributed by atoms with Crippen molar-refractivity contribution < 1.29 is 9.47 Å². The van der Waals surface area contributed by atoms with Crippen LogP contribution < -0.4 is 10.1 Å². The van der Waals surface area contributed by atoms with E-state index in [0.717, 1.165) is 18.1 Å². The van der Waals surface area contributed by atoms with Gasteiger partial charge < -0.3 is 14.8 Å². The lowest BCUT2D eigenvalue weighted by Gasteiger charge is -2.10. The minimum atomic E-state index is 0.282. The number of nitrogens with zero attached hydrogens (tertiary/aromatic N) is 2. The molecule has 5 heteroatoms. The van der Waals surface area contributed by atoms with Crippen LogP contribution in [0.2, 0.25) is 0 Å². The van der Waals surface area contributed by atoms with Gasteiger partial charge in [0.1, 0.15) is 11.6 Å². The fraction of sp³-hybridized carbons (Fsp3) is 0.667. The molecule has 0 unspecified atom stereocenters. The summed E-state index contributed by atoms with van der Waals surface area (Å²) in [6.45, 7) is 5.42. The molecule has 1 rings (SSSR count). The van der Waals surface area contributed by atoms with Crippen molar-refractivity contribution in [2.45, 2.75) is 26.2 Å². The van der Waals surface area contributed by atoms with E-state index in [1.165, 1.54) is 0 Å². The minimum Gasteiger partial charge on any atom is -0.477 e. The summed E-state index contributed by atoms with van der Waals surface area (Å²) in [6, 6.07) is 1.80. The van der Waals surface area contributed by atoms with Gasteiger partial charge in [0.05, 0.1) is 6.61 Å². The lowest BCUT2D eigenvalue weighted by Crippen LogP contribution is -2.07. The number of hydrogen-bond acceptors (Lipinski definition) is 5. The van der Waals surface area contributed by atoms with Crippen molar-refractivity contribution in [3.8, 4) is 5.88 Å². The van der Waals surface area contributed by atoms with Gasteiger partial charge in [-0.2, -0.15) is 4.98 Å². The van der Waals surface area contributed by atoms with E-state index < -0.39 is 0 Å². The van der Waals surface area contributed by atoms with E-state index in [1.807, 2.05) is 7.05 Å². The average molecular weight is 239 g/mol. The van der Waals surface area contributed by atoms with Gasteiger partial charge in [0, 0.05) is 39.2 Å². The molecule has 0 aromatic carbocycles. The Labute approximate surface area is 103 Å². The van der Waals surface area contributed by atoms with Crippen molar-refractivity contribution in [2.24, 2.45) is 0 Å². The summed E-state index contributed by atoms with van der Waals surface area (Å²) >= 11 is 0. The van der Waals surface area contributed by atoms with E-state index in [1.54, 1.807) is 13.2 Å². The maximum atomic E-state index is 5.57. The Kier molecular flexibility index (Phi) is 5.69. The molecule has 0 spiro atoms. The highest BCUT2D eigenvalue weighted by Crippen LogP contribution is 2.18. The van der Waals surface area contributed by atoms with Crippen molar-refractivity contribution in [1.82, 2.24) is 9.97 Å². The van der Waals surface area contributed by atoms with Crippen LogP contribution >= 0.6 is 0 Å². The molecule has 0 saturated heterocycles. The molecule has 17 heavy (non-hydrogen) atoms. The van der Waals surface area contributed by atoms with Crippen LogP contribution in [0.3, 0.4) is 0 Å². The molecule has 1 heterocycles. The van der Waals surface area contributed by atoms with Gasteiger partial charge in [-0.15, -0.1) is 0 Å². The van der Waals surface area contributed by atoms with Crippen LogP contribution in [-0.4, -0.2) is 37.3 Å². The zero-order valence-corrected chi connectivity index (χ0v) is 11.0. The van der Waals surface area contributed by atoms with Crippen molar-refractivity contribution in [3.05, 3.63) is 11.9 Å². The molecule has 0 aliphatic carbocycles. The molecule has 0 amide bonds. The number of methoxy groups -OCH3 is 1. The van der Waals surface area contributed by atoms with E-state index in [4.69, 9.17) is 9.47 Å². The number of hydrogen-bond donors (Lipinski definition) is 1. The largest absolute Gasteiger partial charge is 0.477 e. The van der Waals surface area contributed by atoms with Crippen LogP contribution in [0.4, 0.5) is 5.82 Å². The van der Waals surface area contributed by atoms with E-state index in [-0.39, 0.29) is 5.92 Å². The third-order valence-corrected chi connectivity index (χ3v) is 2.24. The van der Waals surface area contributed by atoms with Crippen LogP contribution in [0.15, 0.2) is 6.07 Å². The summed E-state index contributed by atoms with van der Waals surface area (Å²) in [5.41, 5.74) is 0. The molecular formula is C12H21N3O2. The monoisotopic (exact) mass is 239 g/mol. The summed E-state index contributed by atoms with van der Waals surface area (Å²) in [7, 11) is 3.52. The van der Waals surface area contributed by atoms with Crippen molar-refractivity contribution >= 4 is 5.82 Å². The van der Waals surface area contributed by atoms with E-state index >= 15 is 0 Å². The van der Waals surface area contributed by atoms with Crippen LogP contribution in [0.5, 0.6) is 5.88 Å². The summed E-state index contributed by atoms with van der Waals surface area (Å²) in [4.78, 5) is 8.73. The van der Waals surface area contributed by atoms with Gasteiger partial charge >= 0.3 is 0 Å². The highest BCUT2D eigenvalue weighted by molar-refractivity contribution is 5.38. The Morgan fingerprint density at radius 1 is 1.29 bits per heavy atom. The fourth-order valence-electron chi connectivity index (χ4n) is 1.28. The lowest BCUT2D eigenvalue weighted by atomic mass is 10.2. The fourth-order valence-corrected chi connectivity index (χ4v) is 1.28. The third-order valence-electron chi connectivity index (χ3n) is 2.24. The quantitative estimate of drug-likeness (QED) is 0.738. The highest BCUT2D eigenvalue weighted by atomic mass is 16.5. The van der Waals surface area contributed by atoms with Gasteiger partial charge in [0.15, 0.2) is 0 Å². The normalized spacial score (nSPS) is 10.6. The van der Waals surface area contributed by atoms with Gasteiger partial charge in [0.2, 0.25) is 5.88 Å². The Morgan fingerprint density at radius 2 is 2.06 bits per heavy atom. The highest BCUT2D eigenvalue weighted by Gasteiger charge is 2.08. The average Bonchev–Trinajstić information content (AvgIpc) is 2.34. The first-order valence-corrected chi connectivity index (χ1v) is 5.85. The number of aromatic nitrogens is 2. The zero-order valence-electron chi connectivity index (χ0n) is 11.0. The maximum absolute atomic E-state index is 5.57. The first-order valence-electron chi connectivity index (χ1n) is 5.85. The van der Waals surface area contributed by atoms with Gasteiger partial charge in [-0.1, -0.05) is 13.8 Å². The maximum Gasteiger partial charge on any atom is 0.218 e. The predicted molar refractivity (Wildman–Crippen MR) is 67.7 cm³/mol. The van der Waals surface area contributed by atoms with Gasteiger partial charge in [0.25, 0.3) is 0 Å². The topological polar surface area (TPSA) is 56.3 Å². The van der Waals surface area contributed by atoms with Gasteiger partial charge in [-0.3, -0.25) is 0 Å². The molecule has 1 aromatic heterocycles. The predicted octanol–water partition coefficient (Wildman–Crippen LogP) is 2.06. The molecule has 0 saturated carbocycles. The standard InChI is InChI=1S/C12H21N3O2/c1-9(2)12-14-10(13-3)8-11(15-12)17-7-5-6-16-4/h8-9H,5-7H2,1-4H3,(H,13,14,15). The molecule has 0 radical (unpaired) electrons. The van der Waals surface area contributed by atoms with Gasteiger partial charge in [-0.05, 0) is 0 Å². The second-order valence-electron chi connectivity index (χ2n) is 4.05. The molecular weight excluding hydrogens is 218 g/mol. The second kappa shape index (κ2) is 7.06. The van der Waals surface area contributed by atoms with Crippen LogP contribution in [0, 0.1) is 0 Å². The van der Waals surface area contributed by atoms with Gasteiger partial charge in [-0.25, -0.2) is 4.98 Å². The molecule has 1 N–H and O–H groups in total. The smallest absolute Gasteiger partial charge is 0.218 e. The molecule has 0 atom stereocenters. The second-order valence-corrected chi connectivity index (χ2v) is 4.05. The summed E-state index contributed by atoms with van der Waals surface area (Å²) in [5.74, 6) is 2.47. The first-order chi connectivity index (χ1) is 8.17. The molecule has 1 aromatic rings. The van der Waals surface area contributed by atoms with E-state index in [9.17, 15) is 0 Å². The lowest BCUT2D eigenvalue weighted by molar-refractivity contribution is 0.170. The summed E-state index contributed by atoms with van der Waals surface area (Å²) in [6.07, 6.45) is 0.854. The SMILES string of the molecule is CNc1cc(OCCCOC)nc(C(C)C)n1. The first kappa shape index (κ1) is 13.7. The molecule has 0 bridgehead atoms. The molecule has 96 valence electrons. The molecule has 0 aliphatic heterocycles. The Balaban J connectivity index is 2.66. The van der Waals surface area contributed by atoms with Crippen molar-refractivity contribution in [2.75, 3.05) is 32.7 Å². The molecule has 0 fully saturated rings. The Hall–Kier alpha value is -1.36. The summed E-state index contributed by atoms with van der Waals surface area (Å²) < 4.78 is 10.5. The third kappa shape index (κ3) is 4.56. The summed E-state index contributed by atoms with van der Waals surface area (Å²) in [5, 5.41) is 3.01. The van der Waals surface area contributed by atoms with E-state index in [2.05, 4.69) is 29.1 Å². The number of ether oxygens (including phenoxy) is 2. The van der Waals surface area contributed by atoms with Crippen LogP contribution in [0.1, 0.15) is 32.0 Å². The Bertz CT molecular complexity index is 343. The van der Waals surface area contributed by atoms with Crippen molar-refractivity contribution in [3.63, 3.8) is 0 Å².